The highest BCUT2D eigenvalue weighted by Crippen LogP contribution is 2.10. The van der Waals surface area contributed by atoms with Crippen molar-refractivity contribution in [3.63, 3.8) is 0 Å². The Balaban J connectivity index is 1.68. The number of halogens is 1. The largest absolute Gasteiger partial charge is 0.484 e. The lowest BCUT2D eigenvalue weighted by Gasteiger charge is -2.08. The zero-order valence-electron chi connectivity index (χ0n) is 11.2. The SMILES string of the molecule is Cc1nccn1CCNC(=O)COc1ccc(F)cc1. The van der Waals surface area contributed by atoms with Crippen molar-refractivity contribution in [3.05, 3.63) is 48.3 Å². The molecule has 6 heteroatoms. The number of aryl methyl sites for hydroxylation is 1. The molecule has 5 nitrogen and oxygen atoms in total. The van der Waals surface area contributed by atoms with Crippen LogP contribution < -0.4 is 10.1 Å². The molecule has 0 atom stereocenters. The number of rotatable bonds is 6. The Bertz CT molecular complexity index is 566. The predicted octanol–water partition coefficient (Wildman–Crippen LogP) is 1.53. The molecule has 0 aliphatic heterocycles. The van der Waals surface area contributed by atoms with Crippen LogP contribution in [0, 0.1) is 12.7 Å². The van der Waals surface area contributed by atoms with Crippen LogP contribution >= 0.6 is 0 Å². The number of imidazole rings is 1. The van der Waals surface area contributed by atoms with E-state index in [-0.39, 0.29) is 18.3 Å². The first kappa shape index (κ1) is 14.0. The average molecular weight is 277 g/mol. The molecule has 0 saturated carbocycles. The van der Waals surface area contributed by atoms with Crippen molar-refractivity contribution in [2.45, 2.75) is 13.5 Å². The van der Waals surface area contributed by atoms with Gasteiger partial charge in [0.1, 0.15) is 17.4 Å². The average Bonchev–Trinajstić information content (AvgIpc) is 2.84. The maximum absolute atomic E-state index is 12.7. The van der Waals surface area contributed by atoms with E-state index in [1.807, 2.05) is 17.7 Å². The summed E-state index contributed by atoms with van der Waals surface area (Å²) in [5.41, 5.74) is 0. The van der Waals surface area contributed by atoms with Gasteiger partial charge in [-0.25, -0.2) is 9.37 Å². The molecule has 1 aromatic heterocycles. The molecule has 2 rings (SSSR count). The van der Waals surface area contributed by atoms with E-state index >= 15 is 0 Å². The van der Waals surface area contributed by atoms with E-state index in [0.717, 1.165) is 5.82 Å². The number of nitrogens with zero attached hydrogens (tertiary/aromatic N) is 2. The van der Waals surface area contributed by atoms with Gasteiger partial charge in [-0.2, -0.15) is 0 Å². The van der Waals surface area contributed by atoms with Crippen LogP contribution in [0.15, 0.2) is 36.7 Å². The minimum Gasteiger partial charge on any atom is -0.484 e. The highest BCUT2D eigenvalue weighted by atomic mass is 19.1. The Morgan fingerprint density at radius 2 is 2.15 bits per heavy atom. The summed E-state index contributed by atoms with van der Waals surface area (Å²) in [6.07, 6.45) is 3.57. The van der Waals surface area contributed by atoms with Crippen molar-refractivity contribution in [2.75, 3.05) is 13.2 Å². The van der Waals surface area contributed by atoms with E-state index in [1.54, 1.807) is 6.20 Å². The molecule has 20 heavy (non-hydrogen) atoms. The van der Waals surface area contributed by atoms with Crippen LogP contribution in [0.2, 0.25) is 0 Å². The molecular formula is C14H16FN3O2. The van der Waals surface area contributed by atoms with E-state index in [9.17, 15) is 9.18 Å². The molecular weight excluding hydrogens is 261 g/mol. The quantitative estimate of drug-likeness (QED) is 0.871. The molecule has 0 aliphatic rings. The molecule has 1 N–H and O–H groups in total. The first-order valence-electron chi connectivity index (χ1n) is 6.28. The number of benzene rings is 1. The Hall–Kier alpha value is -2.37. The van der Waals surface area contributed by atoms with Crippen LogP contribution in [-0.4, -0.2) is 28.6 Å². The Labute approximate surface area is 116 Å². The molecule has 0 fully saturated rings. The zero-order chi connectivity index (χ0) is 14.4. The number of nitrogens with one attached hydrogen (secondary N) is 1. The molecule has 1 heterocycles. The monoisotopic (exact) mass is 277 g/mol. The summed E-state index contributed by atoms with van der Waals surface area (Å²) in [6, 6.07) is 5.54. The molecule has 0 aliphatic carbocycles. The molecule has 0 bridgehead atoms. The third-order valence-electron chi connectivity index (χ3n) is 2.78. The number of amides is 1. The lowest BCUT2D eigenvalue weighted by molar-refractivity contribution is -0.123. The Morgan fingerprint density at radius 1 is 1.40 bits per heavy atom. The standard InChI is InChI=1S/C14H16FN3O2/c1-11-16-6-8-18(11)9-7-17-14(19)10-20-13-4-2-12(15)3-5-13/h2-6,8H,7,9-10H2,1H3,(H,17,19). The normalized spacial score (nSPS) is 10.3. The Morgan fingerprint density at radius 3 is 2.80 bits per heavy atom. The Kier molecular flexibility index (Phi) is 4.70. The summed E-state index contributed by atoms with van der Waals surface area (Å²) in [5, 5.41) is 2.74. The van der Waals surface area contributed by atoms with Crippen LogP contribution in [-0.2, 0) is 11.3 Å². The van der Waals surface area contributed by atoms with Gasteiger partial charge in [-0.3, -0.25) is 4.79 Å². The number of hydrogen-bond acceptors (Lipinski definition) is 3. The van der Waals surface area contributed by atoms with Crippen LogP contribution in [0.1, 0.15) is 5.82 Å². The van der Waals surface area contributed by atoms with E-state index in [1.165, 1.54) is 24.3 Å². The van der Waals surface area contributed by atoms with E-state index in [2.05, 4.69) is 10.3 Å². The summed E-state index contributed by atoms with van der Waals surface area (Å²) in [4.78, 5) is 15.7. The highest BCUT2D eigenvalue weighted by molar-refractivity contribution is 5.77. The van der Waals surface area contributed by atoms with Gasteiger partial charge in [0.25, 0.3) is 5.91 Å². The molecule has 1 aromatic carbocycles. The molecule has 106 valence electrons. The van der Waals surface area contributed by atoms with Crippen molar-refractivity contribution >= 4 is 5.91 Å². The van der Waals surface area contributed by atoms with Gasteiger partial charge in [0.15, 0.2) is 6.61 Å². The maximum Gasteiger partial charge on any atom is 0.258 e. The first-order valence-corrected chi connectivity index (χ1v) is 6.28. The number of aromatic nitrogens is 2. The van der Waals surface area contributed by atoms with Crippen LogP contribution in [0.4, 0.5) is 4.39 Å². The fourth-order valence-corrected chi connectivity index (χ4v) is 1.69. The molecule has 0 saturated heterocycles. The lowest BCUT2D eigenvalue weighted by Crippen LogP contribution is -2.31. The topological polar surface area (TPSA) is 56.2 Å². The van der Waals surface area contributed by atoms with Gasteiger partial charge < -0.3 is 14.6 Å². The maximum atomic E-state index is 12.7. The summed E-state index contributed by atoms with van der Waals surface area (Å²) in [7, 11) is 0. The third kappa shape index (κ3) is 4.08. The second-order valence-electron chi connectivity index (χ2n) is 4.26. The van der Waals surface area contributed by atoms with Crippen LogP contribution in [0.25, 0.3) is 0 Å². The zero-order valence-corrected chi connectivity index (χ0v) is 11.2. The van der Waals surface area contributed by atoms with Crippen LogP contribution in [0.3, 0.4) is 0 Å². The molecule has 0 unspecified atom stereocenters. The minimum absolute atomic E-state index is 0.0887. The van der Waals surface area contributed by atoms with Gasteiger partial charge in [0, 0.05) is 25.5 Å². The number of carbonyl (C=O) groups excluding carboxylic acids is 1. The van der Waals surface area contributed by atoms with Gasteiger partial charge in [-0.05, 0) is 31.2 Å². The van der Waals surface area contributed by atoms with E-state index in [0.29, 0.717) is 18.8 Å². The number of hydrogen-bond donors (Lipinski definition) is 1. The summed E-state index contributed by atoms with van der Waals surface area (Å²) >= 11 is 0. The smallest absolute Gasteiger partial charge is 0.258 e. The van der Waals surface area contributed by atoms with Gasteiger partial charge in [0.2, 0.25) is 0 Å². The first-order chi connectivity index (χ1) is 9.65. The number of ether oxygens (including phenoxy) is 1. The van der Waals surface area contributed by atoms with E-state index < -0.39 is 0 Å². The van der Waals surface area contributed by atoms with Gasteiger partial charge in [-0.1, -0.05) is 0 Å². The molecule has 0 radical (unpaired) electrons. The third-order valence-corrected chi connectivity index (χ3v) is 2.78. The van der Waals surface area contributed by atoms with Gasteiger partial charge in [-0.15, -0.1) is 0 Å². The van der Waals surface area contributed by atoms with Crippen molar-refractivity contribution in [1.29, 1.82) is 0 Å². The molecule has 2 aromatic rings. The summed E-state index contributed by atoms with van der Waals surface area (Å²) < 4.78 is 19.9. The molecule has 0 spiro atoms. The second kappa shape index (κ2) is 6.70. The van der Waals surface area contributed by atoms with Crippen molar-refractivity contribution in [2.24, 2.45) is 0 Å². The fourth-order valence-electron chi connectivity index (χ4n) is 1.69. The van der Waals surface area contributed by atoms with Gasteiger partial charge in [0.05, 0.1) is 0 Å². The van der Waals surface area contributed by atoms with Gasteiger partial charge >= 0.3 is 0 Å². The molecule has 1 amide bonds. The fraction of sp³-hybridized carbons (Fsp3) is 0.286. The summed E-state index contributed by atoms with van der Waals surface area (Å²) in [6.45, 7) is 2.98. The lowest BCUT2D eigenvalue weighted by atomic mass is 10.3. The summed E-state index contributed by atoms with van der Waals surface area (Å²) in [5.74, 6) is 0.818. The second-order valence-corrected chi connectivity index (χ2v) is 4.26. The van der Waals surface area contributed by atoms with Crippen molar-refractivity contribution < 1.29 is 13.9 Å². The van der Waals surface area contributed by atoms with Crippen molar-refractivity contribution in [1.82, 2.24) is 14.9 Å². The van der Waals surface area contributed by atoms with E-state index in [4.69, 9.17) is 4.74 Å². The number of carbonyl (C=O) groups is 1. The van der Waals surface area contributed by atoms with Crippen LogP contribution in [0.5, 0.6) is 5.75 Å². The minimum atomic E-state index is -0.336. The van der Waals surface area contributed by atoms with Crippen molar-refractivity contribution in [3.8, 4) is 5.75 Å². The highest BCUT2D eigenvalue weighted by Gasteiger charge is 2.03. The predicted molar refractivity (Wildman–Crippen MR) is 71.9 cm³/mol.